The molecule has 0 bridgehead atoms. The predicted octanol–water partition coefficient (Wildman–Crippen LogP) is 1.87. The van der Waals surface area contributed by atoms with Gasteiger partial charge in [0.05, 0.1) is 22.1 Å². The van der Waals surface area contributed by atoms with Crippen LogP contribution in [0.5, 0.6) is 0 Å². The monoisotopic (exact) mass is 330 g/mol. The van der Waals surface area contributed by atoms with Crippen molar-refractivity contribution in [2.24, 2.45) is 5.92 Å². The third-order valence-electron chi connectivity index (χ3n) is 3.32. The van der Waals surface area contributed by atoms with Gasteiger partial charge in [-0.05, 0) is 31.0 Å². The van der Waals surface area contributed by atoms with Gasteiger partial charge in [-0.3, -0.25) is 4.79 Å². The Balaban J connectivity index is 2.09. The van der Waals surface area contributed by atoms with Gasteiger partial charge in [-0.1, -0.05) is 23.2 Å². The van der Waals surface area contributed by atoms with Gasteiger partial charge in [-0.25, -0.2) is 0 Å². The van der Waals surface area contributed by atoms with Crippen LogP contribution in [-0.2, 0) is 14.3 Å². The highest BCUT2D eigenvalue weighted by atomic mass is 35.5. The van der Waals surface area contributed by atoms with Crippen LogP contribution in [0.25, 0.3) is 0 Å². The van der Waals surface area contributed by atoms with E-state index in [9.17, 15) is 14.7 Å². The molecular formula is C14H14Cl2NO4-. The second-order valence-electron chi connectivity index (χ2n) is 4.85. The summed E-state index contributed by atoms with van der Waals surface area (Å²) < 4.78 is 5.42. The van der Waals surface area contributed by atoms with E-state index in [0.717, 1.165) is 6.42 Å². The highest BCUT2D eigenvalue weighted by Gasteiger charge is 2.31. The molecule has 7 heteroatoms. The number of rotatable bonds is 5. The van der Waals surface area contributed by atoms with Crippen LogP contribution in [0.4, 0.5) is 5.69 Å². The average Bonchev–Trinajstić information content (AvgIpc) is 2.93. The number of carbonyl (C=O) groups excluding carboxylic acids is 2. The molecule has 0 saturated carbocycles. The molecule has 0 aliphatic carbocycles. The minimum Gasteiger partial charge on any atom is -0.550 e. The molecule has 1 aliphatic heterocycles. The van der Waals surface area contributed by atoms with E-state index in [1.165, 1.54) is 6.07 Å². The normalized spacial score (nSPS) is 19.2. The van der Waals surface area contributed by atoms with E-state index in [1.807, 2.05) is 0 Å². The number of carbonyl (C=O) groups is 2. The zero-order valence-corrected chi connectivity index (χ0v) is 12.6. The molecule has 1 aliphatic rings. The van der Waals surface area contributed by atoms with Crippen molar-refractivity contribution in [3.63, 3.8) is 0 Å². The minimum absolute atomic E-state index is 0.308. The van der Waals surface area contributed by atoms with Crippen molar-refractivity contribution in [2.75, 3.05) is 11.9 Å². The highest BCUT2D eigenvalue weighted by molar-refractivity contribution is 6.42. The zero-order valence-electron chi connectivity index (χ0n) is 11.1. The molecule has 1 heterocycles. The van der Waals surface area contributed by atoms with Gasteiger partial charge >= 0.3 is 0 Å². The van der Waals surface area contributed by atoms with E-state index in [1.54, 1.807) is 12.1 Å². The van der Waals surface area contributed by atoms with E-state index < -0.39 is 23.9 Å². The molecule has 1 amide bonds. The molecule has 1 saturated heterocycles. The van der Waals surface area contributed by atoms with Crippen LogP contribution in [0, 0.1) is 5.92 Å². The van der Waals surface area contributed by atoms with E-state index in [0.29, 0.717) is 28.8 Å². The largest absolute Gasteiger partial charge is 0.550 e. The molecule has 1 aromatic rings. The molecule has 2 rings (SSSR count). The summed E-state index contributed by atoms with van der Waals surface area (Å²) in [5, 5.41) is 14.2. The lowest BCUT2D eigenvalue weighted by Gasteiger charge is -2.22. The number of hydrogen-bond acceptors (Lipinski definition) is 4. The first-order valence-electron chi connectivity index (χ1n) is 6.54. The topological polar surface area (TPSA) is 78.5 Å². The van der Waals surface area contributed by atoms with Crippen molar-refractivity contribution in [3.8, 4) is 0 Å². The summed E-state index contributed by atoms with van der Waals surface area (Å²) in [5.74, 6) is -2.49. The quantitative estimate of drug-likeness (QED) is 0.893. The van der Waals surface area contributed by atoms with E-state index in [2.05, 4.69) is 5.32 Å². The Morgan fingerprint density at radius 1 is 1.38 bits per heavy atom. The number of hydrogen-bond donors (Lipinski definition) is 1. The summed E-state index contributed by atoms with van der Waals surface area (Å²) in [6, 6.07) is 4.66. The van der Waals surface area contributed by atoms with Gasteiger partial charge in [-0.15, -0.1) is 0 Å². The van der Waals surface area contributed by atoms with Crippen LogP contribution in [0.3, 0.4) is 0 Å². The van der Waals surface area contributed by atoms with Crippen LogP contribution in [0.2, 0.25) is 10.0 Å². The molecule has 2 atom stereocenters. The van der Waals surface area contributed by atoms with E-state index in [-0.39, 0.29) is 6.42 Å². The van der Waals surface area contributed by atoms with E-state index in [4.69, 9.17) is 27.9 Å². The summed E-state index contributed by atoms with van der Waals surface area (Å²) in [6.07, 6.45) is 0.699. The summed E-state index contributed by atoms with van der Waals surface area (Å²) in [6.45, 7) is 0.536. The number of anilines is 1. The second kappa shape index (κ2) is 7.11. The zero-order chi connectivity index (χ0) is 15.4. The molecule has 0 spiro atoms. The molecule has 1 aromatic carbocycles. The van der Waals surface area contributed by atoms with Gasteiger partial charge in [0.25, 0.3) is 0 Å². The average molecular weight is 331 g/mol. The molecule has 0 aromatic heterocycles. The fraction of sp³-hybridized carbons (Fsp3) is 0.429. The maximum Gasteiger partial charge on any atom is 0.230 e. The summed E-state index contributed by atoms with van der Waals surface area (Å²) in [7, 11) is 0. The Bertz CT molecular complexity index is 544. The Morgan fingerprint density at radius 3 is 2.71 bits per heavy atom. The highest BCUT2D eigenvalue weighted by Crippen LogP contribution is 2.27. The Hall–Kier alpha value is -1.30. The van der Waals surface area contributed by atoms with Crippen LogP contribution in [-0.4, -0.2) is 24.6 Å². The first kappa shape index (κ1) is 16.1. The lowest BCUT2D eigenvalue weighted by Crippen LogP contribution is -2.38. The maximum absolute atomic E-state index is 12.3. The Labute approximate surface area is 132 Å². The smallest absolute Gasteiger partial charge is 0.230 e. The molecule has 1 N–H and O–H groups in total. The SMILES string of the molecule is O=C([O-])C[C@H](C(=O)Nc1ccc(Cl)c(Cl)c1)[C@H]1CCCO1. The fourth-order valence-corrected chi connectivity index (χ4v) is 2.60. The number of amides is 1. The van der Waals surface area contributed by atoms with Crippen molar-refractivity contribution in [1.82, 2.24) is 0 Å². The Kier molecular flexibility index (Phi) is 5.45. The standard InChI is InChI=1S/C14H15Cl2NO4/c15-10-4-3-8(6-11(10)16)17-14(20)9(7-13(18)19)12-2-1-5-21-12/h3-4,6,9,12H,1-2,5,7H2,(H,17,20)(H,18,19)/p-1/t9-,12+/m0/s1. The number of halogens is 2. The number of benzene rings is 1. The van der Waals surface area contributed by atoms with Gasteiger partial charge in [0, 0.05) is 24.7 Å². The molecule has 0 unspecified atom stereocenters. The predicted molar refractivity (Wildman–Crippen MR) is 77.2 cm³/mol. The number of carboxylic acids is 1. The van der Waals surface area contributed by atoms with Crippen molar-refractivity contribution in [3.05, 3.63) is 28.2 Å². The molecule has 0 radical (unpaired) electrons. The van der Waals surface area contributed by atoms with E-state index >= 15 is 0 Å². The van der Waals surface area contributed by atoms with Crippen LogP contribution >= 0.6 is 23.2 Å². The summed E-state index contributed by atoms with van der Waals surface area (Å²) in [4.78, 5) is 23.1. The second-order valence-corrected chi connectivity index (χ2v) is 5.67. The van der Waals surface area contributed by atoms with Crippen molar-refractivity contribution in [2.45, 2.75) is 25.4 Å². The molecule has 1 fully saturated rings. The van der Waals surface area contributed by atoms with Gasteiger partial charge in [0.2, 0.25) is 5.91 Å². The summed E-state index contributed by atoms with van der Waals surface area (Å²) in [5.41, 5.74) is 0.454. The maximum atomic E-state index is 12.3. The number of carboxylic acid groups (broad SMARTS) is 1. The molecule has 21 heavy (non-hydrogen) atoms. The van der Waals surface area contributed by atoms with Crippen molar-refractivity contribution in [1.29, 1.82) is 0 Å². The lowest BCUT2D eigenvalue weighted by molar-refractivity contribution is -0.307. The summed E-state index contributed by atoms with van der Waals surface area (Å²) >= 11 is 11.7. The molecule has 114 valence electrons. The molecule has 5 nitrogen and oxygen atoms in total. The van der Waals surface area contributed by atoms with Crippen LogP contribution < -0.4 is 10.4 Å². The number of aliphatic carboxylic acids is 1. The van der Waals surface area contributed by atoms with Gasteiger partial charge in [0.15, 0.2) is 0 Å². The lowest BCUT2D eigenvalue weighted by atomic mass is 9.95. The minimum atomic E-state index is -1.28. The van der Waals surface area contributed by atoms with Gasteiger partial charge in [-0.2, -0.15) is 0 Å². The van der Waals surface area contributed by atoms with Gasteiger partial charge < -0.3 is 20.0 Å². The number of nitrogens with one attached hydrogen (secondary N) is 1. The molecular weight excluding hydrogens is 317 g/mol. The fourth-order valence-electron chi connectivity index (χ4n) is 2.30. The van der Waals surface area contributed by atoms with Crippen LogP contribution in [0.15, 0.2) is 18.2 Å². The van der Waals surface area contributed by atoms with Crippen molar-refractivity contribution >= 4 is 40.8 Å². The van der Waals surface area contributed by atoms with Gasteiger partial charge in [0.1, 0.15) is 0 Å². The van der Waals surface area contributed by atoms with Crippen molar-refractivity contribution < 1.29 is 19.4 Å². The Morgan fingerprint density at radius 2 is 2.14 bits per heavy atom. The van der Waals surface area contributed by atoms with Crippen LogP contribution in [0.1, 0.15) is 19.3 Å². The first-order chi connectivity index (χ1) is 9.97. The third-order valence-corrected chi connectivity index (χ3v) is 4.06. The third kappa shape index (κ3) is 4.33. The first-order valence-corrected chi connectivity index (χ1v) is 7.30. The number of ether oxygens (including phenoxy) is 1.